The number of nitrogens with one attached hydrogen (secondary N) is 1. The first-order valence-electron chi connectivity index (χ1n) is 3.87. The lowest BCUT2D eigenvalue weighted by molar-refractivity contribution is 0.587. The monoisotopic (exact) mass is 218 g/mol. The fourth-order valence-electron chi connectivity index (χ4n) is 0.936. The predicted octanol–water partition coefficient (Wildman–Crippen LogP) is 0.457. The Hall–Kier alpha value is -1.14. The number of sulfonamides is 1. The zero-order valence-electron chi connectivity index (χ0n) is 7.62. The van der Waals surface area contributed by atoms with Crippen molar-refractivity contribution in [2.75, 3.05) is 12.0 Å². The van der Waals surface area contributed by atoms with Crippen LogP contribution in [0, 0.1) is 5.82 Å². The highest BCUT2D eigenvalue weighted by atomic mass is 32.2. The molecule has 0 aromatic heterocycles. The second-order valence-electron chi connectivity index (χ2n) is 2.94. The predicted molar refractivity (Wildman–Crippen MR) is 52.5 cm³/mol. The Labute approximate surface area is 82.0 Å². The van der Waals surface area contributed by atoms with Crippen molar-refractivity contribution < 1.29 is 12.8 Å². The zero-order chi connectivity index (χ0) is 10.8. The molecule has 4 nitrogen and oxygen atoms in total. The van der Waals surface area contributed by atoms with E-state index in [2.05, 4.69) is 4.72 Å². The highest BCUT2D eigenvalue weighted by molar-refractivity contribution is 7.88. The number of halogens is 1. The molecule has 6 heteroatoms. The van der Waals surface area contributed by atoms with E-state index in [1.165, 1.54) is 12.1 Å². The van der Waals surface area contributed by atoms with Crippen LogP contribution in [-0.4, -0.2) is 14.7 Å². The maximum absolute atomic E-state index is 12.6. The van der Waals surface area contributed by atoms with Crippen LogP contribution in [0.5, 0.6) is 0 Å². The second kappa shape index (κ2) is 3.93. The number of hydrogen-bond donors (Lipinski definition) is 2. The van der Waals surface area contributed by atoms with Crippen molar-refractivity contribution in [2.45, 2.75) is 6.54 Å². The van der Waals surface area contributed by atoms with Crippen molar-refractivity contribution in [3.63, 3.8) is 0 Å². The van der Waals surface area contributed by atoms with Gasteiger partial charge in [0.2, 0.25) is 10.0 Å². The summed E-state index contributed by atoms with van der Waals surface area (Å²) in [6.45, 7) is 0.0744. The number of benzene rings is 1. The molecule has 0 aliphatic carbocycles. The van der Waals surface area contributed by atoms with E-state index < -0.39 is 15.8 Å². The average Bonchev–Trinajstić information content (AvgIpc) is 2.00. The van der Waals surface area contributed by atoms with Crippen LogP contribution in [0.25, 0.3) is 0 Å². The third-order valence-corrected chi connectivity index (χ3v) is 2.30. The molecule has 0 bridgehead atoms. The summed E-state index contributed by atoms with van der Waals surface area (Å²) >= 11 is 0. The Morgan fingerprint density at radius 1 is 1.50 bits per heavy atom. The van der Waals surface area contributed by atoms with E-state index in [1.807, 2.05) is 0 Å². The Morgan fingerprint density at radius 3 is 2.64 bits per heavy atom. The quantitative estimate of drug-likeness (QED) is 0.724. The van der Waals surface area contributed by atoms with Crippen LogP contribution in [0.4, 0.5) is 10.1 Å². The molecule has 78 valence electrons. The molecule has 0 aliphatic rings. The molecule has 14 heavy (non-hydrogen) atoms. The number of hydrogen-bond acceptors (Lipinski definition) is 3. The first-order chi connectivity index (χ1) is 6.38. The zero-order valence-corrected chi connectivity index (χ0v) is 8.44. The molecule has 0 saturated carbocycles. The summed E-state index contributed by atoms with van der Waals surface area (Å²) in [5, 5.41) is 0. The van der Waals surface area contributed by atoms with Crippen molar-refractivity contribution >= 4 is 15.7 Å². The maximum Gasteiger partial charge on any atom is 0.209 e. The lowest BCUT2D eigenvalue weighted by Gasteiger charge is -2.05. The van der Waals surface area contributed by atoms with E-state index in [1.54, 1.807) is 0 Å². The Kier molecular flexibility index (Phi) is 3.07. The topological polar surface area (TPSA) is 72.2 Å². The normalized spacial score (nSPS) is 11.6. The van der Waals surface area contributed by atoms with Crippen LogP contribution in [0.1, 0.15) is 5.56 Å². The van der Waals surface area contributed by atoms with E-state index >= 15 is 0 Å². The van der Waals surface area contributed by atoms with Crippen LogP contribution in [0.15, 0.2) is 18.2 Å². The number of rotatable bonds is 3. The van der Waals surface area contributed by atoms with Gasteiger partial charge in [-0.05, 0) is 17.7 Å². The summed E-state index contributed by atoms with van der Waals surface area (Å²) in [7, 11) is -3.25. The highest BCUT2D eigenvalue weighted by Crippen LogP contribution is 2.12. The smallest absolute Gasteiger partial charge is 0.209 e. The molecule has 0 unspecified atom stereocenters. The molecule has 0 fully saturated rings. The van der Waals surface area contributed by atoms with Crippen LogP contribution < -0.4 is 10.5 Å². The summed E-state index contributed by atoms with van der Waals surface area (Å²) in [5.41, 5.74) is 6.27. The van der Waals surface area contributed by atoms with Gasteiger partial charge in [0, 0.05) is 12.2 Å². The Balaban J connectivity index is 2.78. The minimum atomic E-state index is -3.25. The molecule has 1 aromatic carbocycles. The fraction of sp³-hybridized carbons (Fsp3) is 0.250. The van der Waals surface area contributed by atoms with Crippen molar-refractivity contribution in [3.8, 4) is 0 Å². The minimum absolute atomic E-state index is 0.0744. The summed E-state index contributed by atoms with van der Waals surface area (Å²) < 4.78 is 36.4. The highest BCUT2D eigenvalue weighted by Gasteiger charge is 2.04. The Bertz CT molecular complexity index is 431. The van der Waals surface area contributed by atoms with Gasteiger partial charge in [0.05, 0.1) is 6.26 Å². The maximum atomic E-state index is 12.6. The summed E-state index contributed by atoms with van der Waals surface area (Å²) in [4.78, 5) is 0. The lowest BCUT2D eigenvalue weighted by Crippen LogP contribution is -2.21. The molecule has 0 spiro atoms. The molecule has 0 radical (unpaired) electrons. The summed E-state index contributed by atoms with van der Waals surface area (Å²) in [6.07, 6.45) is 1.05. The van der Waals surface area contributed by atoms with Crippen molar-refractivity contribution in [2.24, 2.45) is 0 Å². The molecule has 0 amide bonds. The van der Waals surface area contributed by atoms with Gasteiger partial charge in [-0.25, -0.2) is 17.5 Å². The van der Waals surface area contributed by atoms with Crippen LogP contribution in [0.3, 0.4) is 0 Å². The van der Waals surface area contributed by atoms with Gasteiger partial charge in [-0.2, -0.15) is 0 Å². The van der Waals surface area contributed by atoms with Gasteiger partial charge < -0.3 is 5.73 Å². The van der Waals surface area contributed by atoms with E-state index in [0.29, 0.717) is 5.56 Å². The van der Waals surface area contributed by atoms with Gasteiger partial charge in [-0.3, -0.25) is 0 Å². The SMILES string of the molecule is CS(=O)(=O)NCc1ccc(F)cc1N. The lowest BCUT2D eigenvalue weighted by atomic mass is 10.2. The van der Waals surface area contributed by atoms with Crippen molar-refractivity contribution in [3.05, 3.63) is 29.6 Å². The van der Waals surface area contributed by atoms with Crippen LogP contribution >= 0.6 is 0 Å². The molecule has 1 rings (SSSR count). The van der Waals surface area contributed by atoms with E-state index in [0.717, 1.165) is 12.3 Å². The van der Waals surface area contributed by atoms with Gasteiger partial charge >= 0.3 is 0 Å². The molecule has 0 heterocycles. The number of nitrogens with two attached hydrogens (primary N) is 1. The summed E-state index contributed by atoms with van der Waals surface area (Å²) in [5.74, 6) is -0.439. The molecule has 3 N–H and O–H groups in total. The summed E-state index contributed by atoms with van der Waals surface area (Å²) in [6, 6.07) is 3.83. The third-order valence-electron chi connectivity index (χ3n) is 1.63. The minimum Gasteiger partial charge on any atom is -0.398 e. The van der Waals surface area contributed by atoms with Gasteiger partial charge in [-0.1, -0.05) is 6.07 Å². The van der Waals surface area contributed by atoms with Crippen LogP contribution in [0.2, 0.25) is 0 Å². The van der Waals surface area contributed by atoms with Crippen LogP contribution in [-0.2, 0) is 16.6 Å². The fourth-order valence-corrected chi connectivity index (χ4v) is 1.35. The molecular formula is C8H11FN2O2S. The van der Waals surface area contributed by atoms with Gasteiger partial charge in [0.1, 0.15) is 5.82 Å². The van der Waals surface area contributed by atoms with Crippen molar-refractivity contribution in [1.82, 2.24) is 4.72 Å². The first kappa shape index (κ1) is 10.9. The second-order valence-corrected chi connectivity index (χ2v) is 4.77. The largest absolute Gasteiger partial charge is 0.398 e. The number of anilines is 1. The van der Waals surface area contributed by atoms with Gasteiger partial charge in [-0.15, -0.1) is 0 Å². The van der Waals surface area contributed by atoms with Gasteiger partial charge in [0.15, 0.2) is 0 Å². The standard InChI is InChI=1S/C8H11FN2O2S/c1-14(12,13)11-5-6-2-3-7(9)4-8(6)10/h2-4,11H,5,10H2,1H3. The third kappa shape index (κ3) is 3.31. The van der Waals surface area contributed by atoms with Crippen molar-refractivity contribution in [1.29, 1.82) is 0 Å². The molecule has 0 atom stereocenters. The van der Waals surface area contributed by atoms with Gasteiger partial charge in [0.25, 0.3) is 0 Å². The van der Waals surface area contributed by atoms with E-state index in [4.69, 9.17) is 5.73 Å². The molecule has 1 aromatic rings. The first-order valence-corrected chi connectivity index (χ1v) is 5.76. The Morgan fingerprint density at radius 2 is 2.14 bits per heavy atom. The average molecular weight is 218 g/mol. The van der Waals surface area contributed by atoms with E-state index in [9.17, 15) is 12.8 Å². The number of nitrogen functional groups attached to an aromatic ring is 1. The molecule has 0 saturated heterocycles. The molecular weight excluding hydrogens is 207 g/mol. The van der Waals surface area contributed by atoms with E-state index in [-0.39, 0.29) is 12.2 Å². The molecule has 0 aliphatic heterocycles.